The van der Waals surface area contributed by atoms with Crippen molar-refractivity contribution in [3.8, 4) is 11.5 Å². The largest absolute Gasteiger partial charge is 0.493 e. The van der Waals surface area contributed by atoms with Gasteiger partial charge in [-0.3, -0.25) is 4.79 Å². The van der Waals surface area contributed by atoms with E-state index in [1.807, 2.05) is 24.3 Å². The van der Waals surface area contributed by atoms with Crippen LogP contribution in [0.1, 0.15) is 9.67 Å². The summed E-state index contributed by atoms with van der Waals surface area (Å²) in [5.41, 5.74) is 0. The van der Waals surface area contributed by atoms with Crippen molar-refractivity contribution < 1.29 is 14.3 Å². The van der Waals surface area contributed by atoms with Gasteiger partial charge in [-0.1, -0.05) is 12.1 Å². The van der Waals surface area contributed by atoms with E-state index in [9.17, 15) is 4.79 Å². The van der Waals surface area contributed by atoms with Crippen molar-refractivity contribution in [1.82, 2.24) is 5.32 Å². The van der Waals surface area contributed by atoms with Gasteiger partial charge in [0.25, 0.3) is 5.91 Å². The van der Waals surface area contributed by atoms with E-state index < -0.39 is 0 Å². The monoisotopic (exact) mass is 433 g/mol. The molecule has 7 heteroatoms. The number of para-hydroxylation sites is 2. The third kappa shape index (κ3) is 4.46. The van der Waals surface area contributed by atoms with Crippen LogP contribution in [0.2, 0.25) is 0 Å². The first-order valence-corrected chi connectivity index (χ1v) is 8.51. The Hall–Kier alpha value is -1.05. The smallest absolute Gasteiger partial charge is 0.261 e. The van der Waals surface area contributed by atoms with Crippen LogP contribution in [0.3, 0.4) is 0 Å². The number of thiophene rings is 1. The van der Waals surface area contributed by atoms with Crippen molar-refractivity contribution in [2.75, 3.05) is 20.3 Å². The Balaban J connectivity index is 1.80. The summed E-state index contributed by atoms with van der Waals surface area (Å²) in [4.78, 5) is 12.6. The Morgan fingerprint density at radius 1 is 1.29 bits per heavy atom. The molecule has 0 aliphatic heterocycles. The van der Waals surface area contributed by atoms with Crippen LogP contribution in [0.15, 0.2) is 38.6 Å². The number of nitrogens with one attached hydrogen (secondary N) is 1. The zero-order valence-corrected chi connectivity index (χ0v) is 15.2. The Labute approximate surface area is 143 Å². The van der Waals surface area contributed by atoms with Gasteiger partial charge in [0, 0.05) is 4.47 Å². The van der Waals surface area contributed by atoms with Crippen molar-refractivity contribution in [3.63, 3.8) is 0 Å². The van der Waals surface area contributed by atoms with Crippen LogP contribution in [0.5, 0.6) is 11.5 Å². The minimum Gasteiger partial charge on any atom is -0.493 e. The molecule has 0 radical (unpaired) electrons. The van der Waals surface area contributed by atoms with Crippen LogP contribution < -0.4 is 14.8 Å². The maximum atomic E-state index is 11.9. The number of carbonyl (C=O) groups excluding carboxylic acids is 1. The predicted octanol–water partition coefficient (Wildman–Crippen LogP) is 4.09. The molecule has 1 amide bonds. The van der Waals surface area contributed by atoms with Gasteiger partial charge < -0.3 is 14.8 Å². The predicted molar refractivity (Wildman–Crippen MR) is 90.5 cm³/mol. The average Bonchev–Trinajstić information content (AvgIpc) is 2.83. The minimum atomic E-state index is -0.116. The summed E-state index contributed by atoms with van der Waals surface area (Å²) >= 11 is 8.10. The normalized spacial score (nSPS) is 10.2. The molecule has 2 aromatic rings. The Kier molecular flexibility index (Phi) is 6.08. The first kappa shape index (κ1) is 16.3. The molecule has 2 rings (SSSR count). The van der Waals surface area contributed by atoms with E-state index in [4.69, 9.17) is 9.47 Å². The van der Waals surface area contributed by atoms with Gasteiger partial charge in [-0.05, 0) is 50.1 Å². The van der Waals surface area contributed by atoms with Crippen molar-refractivity contribution in [2.45, 2.75) is 0 Å². The molecule has 0 spiro atoms. The molecule has 0 aliphatic rings. The van der Waals surface area contributed by atoms with Crippen LogP contribution in [-0.2, 0) is 0 Å². The molecule has 112 valence electrons. The number of ether oxygens (including phenoxy) is 2. The molecule has 0 saturated heterocycles. The molecule has 4 nitrogen and oxygen atoms in total. The second-order valence-electron chi connectivity index (χ2n) is 3.99. The highest BCUT2D eigenvalue weighted by Gasteiger charge is 2.11. The third-order valence-corrected chi connectivity index (χ3v) is 5.84. The first-order valence-electron chi connectivity index (χ1n) is 6.10. The second-order valence-corrected chi connectivity index (χ2v) is 7.21. The molecule has 0 saturated carbocycles. The lowest BCUT2D eigenvalue weighted by Crippen LogP contribution is -2.27. The topological polar surface area (TPSA) is 47.6 Å². The highest BCUT2D eigenvalue weighted by atomic mass is 79.9. The van der Waals surface area contributed by atoms with E-state index in [1.165, 1.54) is 11.3 Å². The average molecular weight is 435 g/mol. The summed E-state index contributed by atoms with van der Waals surface area (Å²) in [6.45, 7) is 0.795. The molecule has 0 atom stereocenters. The lowest BCUT2D eigenvalue weighted by molar-refractivity contribution is 0.0951. The van der Waals surface area contributed by atoms with Crippen molar-refractivity contribution in [2.24, 2.45) is 0 Å². The molecule has 1 N–H and O–H groups in total. The summed E-state index contributed by atoms with van der Waals surface area (Å²) in [6, 6.07) is 9.19. The van der Waals surface area contributed by atoms with Gasteiger partial charge in [0.15, 0.2) is 11.5 Å². The van der Waals surface area contributed by atoms with Crippen LogP contribution in [-0.4, -0.2) is 26.2 Å². The summed E-state index contributed by atoms with van der Waals surface area (Å²) in [5, 5.41) is 2.81. The minimum absolute atomic E-state index is 0.116. The van der Waals surface area contributed by atoms with Gasteiger partial charge in [0.1, 0.15) is 6.61 Å². The number of hydrogen-bond acceptors (Lipinski definition) is 4. The van der Waals surface area contributed by atoms with Crippen molar-refractivity contribution >= 4 is 49.1 Å². The number of carbonyl (C=O) groups is 1. The Morgan fingerprint density at radius 3 is 2.62 bits per heavy atom. The van der Waals surface area contributed by atoms with E-state index in [0.717, 1.165) is 8.26 Å². The van der Waals surface area contributed by atoms with E-state index in [-0.39, 0.29) is 5.91 Å². The SMILES string of the molecule is COc1ccccc1OCCNC(=O)c1cc(Br)c(Br)s1. The molecular weight excluding hydrogens is 422 g/mol. The number of rotatable bonds is 6. The molecule has 0 aliphatic carbocycles. The standard InChI is InChI=1S/C14H13Br2NO3S/c1-19-10-4-2-3-5-11(10)20-7-6-17-14(18)12-8-9(15)13(16)21-12/h2-5,8H,6-7H2,1H3,(H,17,18). The highest BCUT2D eigenvalue weighted by Crippen LogP contribution is 2.32. The van der Waals surface area contributed by atoms with Gasteiger partial charge >= 0.3 is 0 Å². The fourth-order valence-electron chi connectivity index (χ4n) is 1.61. The maximum absolute atomic E-state index is 11.9. The van der Waals surface area contributed by atoms with Gasteiger partial charge in [-0.15, -0.1) is 11.3 Å². The van der Waals surface area contributed by atoms with Crippen LogP contribution in [0, 0.1) is 0 Å². The van der Waals surface area contributed by atoms with Crippen molar-refractivity contribution in [3.05, 3.63) is 43.5 Å². The molecule has 1 heterocycles. The second kappa shape index (κ2) is 7.82. The molecular formula is C14H13Br2NO3S. The highest BCUT2D eigenvalue weighted by molar-refractivity contribution is 9.13. The van der Waals surface area contributed by atoms with Crippen molar-refractivity contribution in [1.29, 1.82) is 0 Å². The maximum Gasteiger partial charge on any atom is 0.261 e. The van der Waals surface area contributed by atoms with E-state index in [1.54, 1.807) is 13.2 Å². The fraction of sp³-hybridized carbons (Fsp3) is 0.214. The van der Waals surface area contributed by atoms with Crippen LogP contribution in [0.4, 0.5) is 0 Å². The molecule has 1 aromatic heterocycles. The van der Waals surface area contributed by atoms with Gasteiger partial charge in [-0.25, -0.2) is 0 Å². The number of amides is 1. The summed E-state index contributed by atoms with van der Waals surface area (Å²) in [6.07, 6.45) is 0. The summed E-state index contributed by atoms with van der Waals surface area (Å²) in [5.74, 6) is 1.22. The zero-order valence-electron chi connectivity index (χ0n) is 11.2. The van der Waals surface area contributed by atoms with E-state index in [2.05, 4.69) is 37.2 Å². The lowest BCUT2D eigenvalue weighted by atomic mass is 10.3. The molecule has 1 aromatic carbocycles. The van der Waals surface area contributed by atoms with E-state index >= 15 is 0 Å². The van der Waals surface area contributed by atoms with Crippen LogP contribution in [0.25, 0.3) is 0 Å². The molecule has 0 fully saturated rings. The lowest BCUT2D eigenvalue weighted by Gasteiger charge is -2.10. The molecule has 0 bridgehead atoms. The molecule has 21 heavy (non-hydrogen) atoms. The van der Waals surface area contributed by atoms with Gasteiger partial charge in [0.2, 0.25) is 0 Å². The Bertz CT molecular complexity index is 611. The first-order chi connectivity index (χ1) is 10.1. The number of hydrogen-bond donors (Lipinski definition) is 1. The zero-order chi connectivity index (χ0) is 15.2. The molecule has 0 unspecified atom stereocenters. The van der Waals surface area contributed by atoms with Gasteiger partial charge in [-0.2, -0.15) is 0 Å². The fourth-order valence-corrected chi connectivity index (χ4v) is 3.56. The summed E-state index contributed by atoms with van der Waals surface area (Å²) in [7, 11) is 1.59. The quantitative estimate of drug-likeness (QED) is 0.696. The Morgan fingerprint density at radius 2 is 2.00 bits per heavy atom. The van der Waals surface area contributed by atoms with Crippen LogP contribution >= 0.6 is 43.2 Å². The summed E-state index contributed by atoms with van der Waals surface area (Å²) < 4.78 is 12.6. The van der Waals surface area contributed by atoms with E-state index in [0.29, 0.717) is 29.5 Å². The number of methoxy groups -OCH3 is 1. The number of halogens is 2. The number of benzene rings is 1. The van der Waals surface area contributed by atoms with Gasteiger partial charge in [0.05, 0.1) is 22.3 Å². The third-order valence-electron chi connectivity index (χ3n) is 2.58.